The van der Waals surface area contributed by atoms with Crippen LogP contribution in [-0.2, 0) is 11.2 Å². The molecule has 6 nitrogen and oxygen atoms in total. The average molecular weight is 252 g/mol. The van der Waals surface area contributed by atoms with Gasteiger partial charge in [0.2, 0.25) is 11.8 Å². The van der Waals surface area contributed by atoms with E-state index in [0.29, 0.717) is 18.9 Å². The summed E-state index contributed by atoms with van der Waals surface area (Å²) in [5.41, 5.74) is -0.219. The SMILES string of the molecule is CCCC1(C(=O)NCCc2ncno2)CCNC1. The van der Waals surface area contributed by atoms with Gasteiger partial charge in [-0.2, -0.15) is 4.98 Å². The molecule has 18 heavy (non-hydrogen) atoms. The molecule has 0 spiro atoms. The zero-order valence-corrected chi connectivity index (χ0v) is 10.7. The van der Waals surface area contributed by atoms with E-state index in [1.807, 2.05) is 0 Å². The molecular weight excluding hydrogens is 232 g/mol. The highest BCUT2D eigenvalue weighted by Gasteiger charge is 2.39. The summed E-state index contributed by atoms with van der Waals surface area (Å²) in [6.45, 7) is 4.38. The Balaban J connectivity index is 1.82. The van der Waals surface area contributed by atoms with Gasteiger partial charge in [0.1, 0.15) is 0 Å². The lowest BCUT2D eigenvalue weighted by Gasteiger charge is -2.26. The van der Waals surface area contributed by atoms with Crippen LogP contribution in [0.3, 0.4) is 0 Å². The van der Waals surface area contributed by atoms with E-state index >= 15 is 0 Å². The van der Waals surface area contributed by atoms with E-state index < -0.39 is 0 Å². The van der Waals surface area contributed by atoms with Gasteiger partial charge >= 0.3 is 0 Å². The number of carbonyl (C=O) groups excluding carboxylic acids is 1. The summed E-state index contributed by atoms with van der Waals surface area (Å²) in [5, 5.41) is 9.79. The number of nitrogens with zero attached hydrogens (tertiary/aromatic N) is 2. The minimum Gasteiger partial charge on any atom is -0.355 e. The van der Waals surface area contributed by atoms with Gasteiger partial charge in [-0.1, -0.05) is 18.5 Å². The maximum atomic E-state index is 12.3. The fourth-order valence-electron chi connectivity index (χ4n) is 2.52. The monoisotopic (exact) mass is 252 g/mol. The van der Waals surface area contributed by atoms with Gasteiger partial charge in [-0.25, -0.2) is 0 Å². The Hall–Kier alpha value is -1.43. The summed E-state index contributed by atoms with van der Waals surface area (Å²) in [6.07, 6.45) is 4.84. The third-order valence-electron chi connectivity index (χ3n) is 3.49. The molecule has 1 aromatic rings. The number of rotatable bonds is 6. The quantitative estimate of drug-likeness (QED) is 0.771. The molecule has 2 N–H and O–H groups in total. The molecule has 1 aliphatic heterocycles. The maximum absolute atomic E-state index is 12.3. The van der Waals surface area contributed by atoms with Crippen LogP contribution in [0, 0.1) is 5.41 Å². The molecule has 1 aromatic heterocycles. The Labute approximate surface area is 107 Å². The van der Waals surface area contributed by atoms with Crippen molar-refractivity contribution in [3.05, 3.63) is 12.2 Å². The normalized spacial score (nSPS) is 23.2. The Morgan fingerprint density at radius 3 is 3.17 bits per heavy atom. The van der Waals surface area contributed by atoms with Crippen LogP contribution < -0.4 is 10.6 Å². The van der Waals surface area contributed by atoms with Crippen molar-refractivity contribution in [2.45, 2.75) is 32.6 Å². The highest BCUT2D eigenvalue weighted by atomic mass is 16.5. The molecule has 2 rings (SSSR count). The lowest BCUT2D eigenvalue weighted by Crippen LogP contribution is -2.43. The van der Waals surface area contributed by atoms with Gasteiger partial charge in [-0.15, -0.1) is 0 Å². The molecule has 1 atom stereocenters. The largest absolute Gasteiger partial charge is 0.355 e. The Morgan fingerprint density at radius 1 is 1.67 bits per heavy atom. The van der Waals surface area contributed by atoms with Crippen molar-refractivity contribution in [1.29, 1.82) is 0 Å². The first-order valence-electron chi connectivity index (χ1n) is 6.51. The predicted octanol–water partition coefficient (Wildman–Crippen LogP) is 0.508. The van der Waals surface area contributed by atoms with Crippen molar-refractivity contribution in [2.24, 2.45) is 5.41 Å². The van der Waals surface area contributed by atoms with Gasteiger partial charge < -0.3 is 15.2 Å². The first-order valence-corrected chi connectivity index (χ1v) is 6.51. The molecule has 1 amide bonds. The highest BCUT2D eigenvalue weighted by molar-refractivity contribution is 5.83. The average Bonchev–Trinajstić information content (AvgIpc) is 3.01. The topological polar surface area (TPSA) is 80.1 Å². The fraction of sp³-hybridized carbons (Fsp3) is 0.750. The molecule has 0 aromatic carbocycles. The van der Waals surface area contributed by atoms with Crippen LogP contribution in [-0.4, -0.2) is 35.7 Å². The third-order valence-corrected chi connectivity index (χ3v) is 3.49. The van der Waals surface area contributed by atoms with E-state index in [1.165, 1.54) is 6.33 Å². The molecule has 0 radical (unpaired) electrons. The molecule has 1 fully saturated rings. The molecule has 1 aliphatic rings. The Morgan fingerprint density at radius 2 is 2.56 bits per heavy atom. The molecule has 0 bridgehead atoms. The summed E-state index contributed by atoms with van der Waals surface area (Å²) in [7, 11) is 0. The second-order valence-corrected chi connectivity index (χ2v) is 4.80. The van der Waals surface area contributed by atoms with Crippen molar-refractivity contribution < 1.29 is 9.32 Å². The molecule has 2 heterocycles. The molecule has 0 aliphatic carbocycles. The van der Waals surface area contributed by atoms with Crippen molar-refractivity contribution in [2.75, 3.05) is 19.6 Å². The van der Waals surface area contributed by atoms with Crippen LogP contribution >= 0.6 is 0 Å². The smallest absolute Gasteiger partial charge is 0.228 e. The van der Waals surface area contributed by atoms with Crippen LogP contribution in [0.25, 0.3) is 0 Å². The number of hydrogen-bond donors (Lipinski definition) is 2. The van der Waals surface area contributed by atoms with Gasteiger partial charge in [0.15, 0.2) is 6.33 Å². The summed E-state index contributed by atoms with van der Waals surface area (Å²) in [6, 6.07) is 0. The summed E-state index contributed by atoms with van der Waals surface area (Å²) in [4.78, 5) is 16.2. The van der Waals surface area contributed by atoms with E-state index in [4.69, 9.17) is 4.52 Å². The standard InChI is InChI=1S/C12H20N4O2/c1-2-4-12(5-7-13-8-12)11(17)14-6-3-10-15-9-16-18-10/h9,13H,2-8H2,1H3,(H,14,17). The highest BCUT2D eigenvalue weighted by Crippen LogP contribution is 2.31. The van der Waals surface area contributed by atoms with E-state index in [2.05, 4.69) is 27.7 Å². The second kappa shape index (κ2) is 5.95. The first kappa shape index (κ1) is 13.0. The minimum atomic E-state index is -0.219. The molecule has 1 saturated heterocycles. The summed E-state index contributed by atoms with van der Waals surface area (Å²) < 4.78 is 4.89. The fourth-order valence-corrected chi connectivity index (χ4v) is 2.52. The van der Waals surface area contributed by atoms with E-state index in [9.17, 15) is 4.79 Å². The minimum absolute atomic E-state index is 0.147. The third kappa shape index (κ3) is 2.87. The molecular formula is C12H20N4O2. The molecule has 1 unspecified atom stereocenters. The number of nitrogens with one attached hydrogen (secondary N) is 2. The maximum Gasteiger partial charge on any atom is 0.228 e. The molecule has 0 saturated carbocycles. The van der Waals surface area contributed by atoms with Crippen molar-refractivity contribution in [1.82, 2.24) is 20.8 Å². The van der Waals surface area contributed by atoms with Gasteiger partial charge in [0.05, 0.1) is 5.41 Å². The van der Waals surface area contributed by atoms with Gasteiger partial charge in [-0.05, 0) is 19.4 Å². The van der Waals surface area contributed by atoms with Crippen molar-refractivity contribution in [3.63, 3.8) is 0 Å². The van der Waals surface area contributed by atoms with Crippen molar-refractivity contribution >= 4 is 5.91 Å². The van der Waals surface area contributed by atoms with E-state index in [-0.39, 0.29) is 11.3 Å². The predicted molar refractivity (Wildman–Crippen MR) is 65.8 cm³/mol. The van der Waals surface area contributed by atoms with E-state index in [1.54, 1.807) is 0 Å². The number of amides is 1. The van der Waals surface area contributed by atoms with Gasteiger partial charge in [-0.3, -0.25) is 4.79 Å². The Kier molecular flexibility index (Phi) is 4.30. The zero-order valence-electron chi connectivity index (χ0n) is 10.7. The molecule has 6 heteroatoms. The zero-order chi connectivity index (χ0) is 12.8. The summed E-state index contributed by atoms with van der Waals surface area (Å²) >= 11 is 0. The van der Waals surface area contributed by atoms with Gasteiger partial charge in [0, 0.05) is 19.5 Å². The van der Waals surface area contributed by atoms with Crippen LogP contribution in [0.5, 0.6) is 0 Å². The van der Waals surface area contributed by atoms with Crippen LogP contribution in [0.2, 0.25) is 0 Å². The Bertz CT molecular complexity index is 371. The first-order chi connectivity index (χ1) is 8.77. The number of carbonyl (C=O) groups is 1. The second-order valence-electron chi connectivity index (χ2n) is 4.80. The van der Waals surface area contributed by atoms with Gasteiger partial charge in [0.25, 0.3) is 0 Å². The van der Waals surface area contributed by atoms with Crippen molar-refractivity contribution in [3.8, 4) is 0 Å². The summed E-state index contributed by atoms with van der Waals surface area (Å²) in [5.74, 6) is 0.707. The van der Waals surface area contributed by atoms with Crippen LogP contribution in [0.1, 0.15) is 32.1 Å². The lowest BCUT2D eigenvalue weighted by molar-refractivity contribution is -0.130. The number of aromatic nitrogens is 2. The lowest BCUT2D eigenvalue weighted by atomic mass is 9.81. The van der Waals surface area contributed by atoms with E-state index in [0.717, 1.165) is 32.4 Å². The van der Waals surface area contributed by atoms with Crippen LogP contribution in [0.15, 0.2) is 10.9 Å². The molecule has 100 valence electrons. The van der Waals surface area contributed by atoms with Crippen LogP contribution in [0.4, 0.5) is 0 Å². The number of hydrogen-bond acceptors (Lipinski definition) is 5.